The Kier molecular flexibility index (Phi) is 6.51. The van der Waals surface area contributed by atoms with Gasteiger partial charge in [-0.1, -0.05) is 11.6 Å². The molecule has 0 atom stereocenters. The molecule has 2 rings (SSSR count). The van der Waals surface area contributed by atoms with E-state index in [0.29, 0.717) is 0 Å². The summed E-state index contributed by atoms with van der Waals surface area (Å²) in [6, 6.07) is 5.73. The SMILES string of the molecule is C/C(CC(=O)Nc1cc(C(F)(F)F)ccc1Cl)=N\NC(=O)c1cccnc1. The number of anilines is 1. The average molecular weight is 399 g/mol. The molecule has 1 aromatic heterocycles. The Morgan fingerprint density at radius 1 is 1.26 bits per heavy atom. The number of halogens is 4. The van der Waals surface area contributed by atoms with Gasteiger partial charge in [0.2, 0.25) is 5.91 Å². The first kappa shape index (κ1) is 20.4. The Labute approximate surface area is 157 Å². The monoisotopic (exact) mass is 398 g/mol. The molecule has 6 nitrogen and oxygen atoms in total. The molecule has 2 aromatic rings. The summed E-state index contributed by atoms with van der Waals surface area (Å²) in [5.41, 5.74) is 1.70. The van der Waals surface area contributed by atoms with E-state index in [2.05, 4.69) is 20.8 Å². The maximum atomic E-state index is 12.7. The molecule has 10 heteroatoms. The predicted octanol–water partition coefficient (Wildman–Crippen LogP) is 3.89. The number of nitrogens with one attached hydrogen (secondary N) is 2. The second kappa shape index (κ2) is 8.63. The molecule has 0 saturated heterocycles. The van der Waals surface area contributed by atoms with Gasteiger partial charge in [0.15, 0.2) is 0 Å². The van der Waals surface area contributed by atoms with E-state index in [1.807, 2.05) is 0 Å². The number of nitrogens with zero attached hydrogens (tertiary/aromatic N) is 2. The van der Waals surface area contributed by atoms with Crippen molar-refractivity contribution in [2.75, 3.05) is 5.32 Å². The van der Waals surface area contributed by atoms with Crippen molar-refractivity contribution < 1.29 is 22.8 Å². The Bertz CT molecular complexity index is 870. The second-order valence-corrected chi connectivity index (χ2v) is 5.85. The zero-order valence-corrected chi connectivity index (χ0v) is 14.7. The number of pyridine rings is 1. The van der Waals surface area contributed by atoms with Crippen LogP contribution in [0, 0.1) is 0 Å². The minimum Gasteiger partial charge on any atom is -0.324 e. The van der Waals surface area contributed by atoms with Crippen LogP contribution in [0.15, 0.2) is 47.8 Å². The first-order valence-electron chi connectivity index (χ1n) is 7.57. The summed E-state index contributed by atoms with van der Waals surface area (Å²) in [4.78, 5) is 27.6. The summed E-state index contributed by atoms with van der Waals surface area (Å²) >= 11 is 5.82. The van der Waals surface area contributed by atoms with E-state index in [4.69, 9.17) is 11.6 Å². The van der Waals surface area contributed by atoms with Crippen LogP contribution in [0.3, 0.4) is 0 Å². The molecule has 0 bridgehead atoms. The summed E-state index contributed by atoms with van der Waals surface area (Å²) in [5.74, 6) is -1.14. The summed E-state index contributed by atoms with van der Waals surface area (Å²) in [6.07, 6.45) is -1.95. The number of carbonyl (C=O) groups is 2. The molecule has 0 aliphatic heterocycles. The number of aromatic nitrogens is 1. The van der Waals surface area contributed by atoms with Crippen molar-refractivity contribution in [3.8, 4) is 0 Å². The topological polar surface area (TPSA) is 83.5 Å². The van der Waals surface area contributed by atoms with Gasteiger partial charge in [-0.3, -0.25) is 14.6 Å². The van der Waals surface area contributed by atoms with E-state index in [-0.39, 0.29) is 28.4 Å². The molecule has 0 aliphatic rings. The van der Waals surface area contributed by atoms with E-state index in [1.54, 1.807) is 6.07 Å². The highest BCUT2D eigenvalue weighted by atomic mass is 35.5. The Morgan fingerprint density at radius 3 is 2.63 bits per heavy atom. The quantitative estimate of drug-likeness (QED) is 0.592. The van der Waals surface area contributed by atoms with Crippen molar-refractivity contribution in [3.05, 3.63) is 58.9 Å². The molecule has 0 fully saturated rings. The van der Waals surface area contributed by atoms with Crippen molar-refractivity contribution >= 4 is 34.8 Å². The van der Waals surface area contributed by atoms with Gasteiger partial charge in [-0.05, 0) is 37.3 Å². The lowest BCUT2D eigenvalue weighted by Gasteiger charge is -2.11. The van der Waals surface area contributed by atoms with Gasteiger partial charge in [0.05, 0.1) is 28.3 Å². The first-order valence-corrected chi connectivity index (χ1v) is 7.94. The third-order valence-corrected chi connectivity index (χ3v) is 3.59. The molecule has 0 saturated carbocycles. The smallest absolute Gasteiger partial charge is 0.324 e. The maximum Gasteiger partial charge on any atom is 0.416 e. The van der Waals surface area contributed by atoms with Crippen LogP contribution in [0.2, 0.25) is 5.02 Å². The zero-order valence-electron chi connectivity index (χ0n) is 14.0. The molecule has 0 unspecified atom stereocenters. The molecular weight excluding hydrogens is 385 g/mol. The summed E-state index contributed by atoms with van der Waals surface area (Å²) in [6.45, 7) is 1.48. The molecule has 27 heavy (non-hydrogen) atoms. The molecule has 142 valence electrons. The van der Waals surface area contributed by atoms with Gasteiger partial charge in [0.1, 0.15) is 0 Å². The lowest BCUT2D eigenvalue weighted by atomic mass is 10.2. The maximum absolute atomic E-state index is 12.7. The van der Waals surface area contributed by atoms with Gasteiger partial charge >= 0.3 is 6.18 Å². The Morgan fingerprint density at radius 2 is 2.00 bits per heavy atom. The minimum atomic E-state index is -4.56. The van der Waals surface area contributed by atoms with E-state index < -0.39 is 23.6 Å². The molecule has 2 amide bonds. The molecular formula is C17H14ClF3N4O2. The number of hydrazone groups is 1. The minimum absolute atomic E-state index is 0.0316. The Hall–Kier alpha value is -2.94. The van der Waals surface area contributed by atoms with E-state index in [9.17, 15) is 22.8 Å². The number of benzene rings is 1. The zero-order chi connectivity index (χ0) is 20.0. The summed E-state index contributed by atoms with van der Waals surface area (Å²) < 4.78 is 38.2. The van der Waals surface area contributed by atoms with E-state index in [1.165, 1.54) is 25.4 Å². The molecule has 0 radical (unpaired) electrons. The number of amides is 2. The first-order chi connectivity index (χ1) is 12.7. The van der Waals surface area contributed by atoms with Crippen LogP contribution < -0.4 is 10.7 Å². The van der Waals surface area contributed by atoms with Crippen LogP contribution in [0.5, 0.6) is 0 Å². The van der Waals surface area contributed by atoms with E-state index in [0.717, 1.165) is 18.2 Å². The average Bonchev–Trinajstić information content (AvgIpc) is 2.61. The van der Waals surface area contributed by atoms with Crippen molar-refractivity contribution in [1.82, 2.24) is 10.4 Å². The third-order valence-electron chi connectivity index (χ3n) is 3.26. The lowest BCUT2D eigenvalue weighted by molar-refractivity contribution is -0.137. The fraction of sp³-hybridized carbons (Fsp3) is 0.176. The van der Waals surface area contributed by atoms with Crippen molar-refractivity contribution in [1.29, 1.82) is 0 Å². The van der Waals surface area contributed by atoms with Gasteiger partial charge in [0.25, 0.3) is 5.91 Å². The molecule has 2 N–H and O–H groups in total. The second-order valence-electron chi connectivity index (χ2n) is 5.45. The molecule has 0 spiro atoms. The number of alkyl halides is 3. The highest BCUT2D eigenvalue weighted by Gasteiger charge is 2.31. The van der Waals surface area contributed by atoms with Crippen molar-refractivity contribution in [2.45, 2.75) is 19.5 Å². The Balaban J connectivity index is 1.98. The van der Waals surface area contributed by atoms with Gasteiger partial charge < -0.3 is 5.32 Å². The third kappa shape index (κ3) is 6.07. The van der Waals surface area contributed by atoms with Crippen LogP contribution in [-0.4, -0.2) is 22.5 Å². The highest BCUT2D eigenvalue weighted by molar-refractivity contribution is 6.33. The molecule has 1 heterocycles. The fourth-order valence-corrected chi connectivity index (χ4v) is 2.14. The summed E-state index contributed by atoms with van der Waals surface area (Å²) in [5, 5.41) is 6.04. The van der Waals surface area contributed by atoms with Gasteiger partial charge in [-0.15, -0.1) is 0 Å². The molecule has 0 aliphatic carbocycles. The van der Waals surface area contributed by atoms with Crippen LogP contribution in [0.4, 0.5) is 18.9 Å². The number of hydrogen-bond acceptors (Lipinski definition) is 4. The van der Waals surface area contributed by atoms with Crippen molar-refractivity contribution in [3.63, 3.8) is 0 Å². The van der Waals surface area contributed by atoms with Crippen LogP contribution in [0.25, 0.3) is 0 Å². The largest absolute Gasteiger partial charge is 0.416 e. The fourth-order valence-electron chi connectivity index (χ4n) is 1.97. The van der Waals surface area contributed by atoms with E-state index >= 15 is 0 Å². The number of rotatable bonds is 5. The molecule has 1 aromatic carbocycles. The lowest BCUT2D eigenvalue weighted by Crippen LogP contribution is -2.21. The number of carbonyl (C=O) groups excluding carboxylic acids is 2. The normalized spacial score (nSPS) is 11.8. The van der Waals surface area contributed by atoms with Gasteiger partial charge in [-0.25, -0.2) is 5.43 Å². The standard InChI is InChI=1S/C17H14ClF3N4O2/c1-10(24-25-16(27)11-3-2-6-22-9-11)7-15(26)23-14-8-12(17(19,20)21)4-5-13(14)18/h2-6,8-9H,7H2,1H3,(H,23,26)(H,25,27)/b24-10+. The van der Waals surface area contributed by atoms with Gasteiger partial charge in [0, 0.05) is 18.1 Å². The van der Waals surface area contributed by atoms with Crippen LogP contribution in [-0.2, 0) is 11.0 Å². The van der Waals surface area contributed by atoms with Crippen molar-refractivity contribution in [2.24, 2.45) is 5.10 Å². The van der Waals surface area contributed by atoms with Crippen LogP contribution in [0.1, 0.15) is 29.3 Å². The predicted molar refractivity (Wildman–Crippen MR) is 94.5 cm³/mol. The number of hydrogen-bond donors (Lipinski definition) is 2. The van der Waals surface area contributed by atoms with Crippen LogP contribution >= 0.6 is 11.6 Å². The summed E-state index contributed by atoms with van der Waals surface area (Å²) in [7, 11) is 0. The highest BCUT2D eigenvalue weighted by Crippen LogP contribution is 2.33. The van der Waals surface area contributed by atoms with Gasteiger partial charge in [-0.2, -0.15) is 18.3 Å².